The Labute approximate surface area is 149 Å². The molecule has 0 saturated heterocycles. The number of benzene rings is 1. The molecule has 0 aliphatic heterocycles. The van der Waals surface area contributed by atoms with Crippen LogP contribution in [0.3, 0.4) is 0 Å². The van der Waals surface area contributed by atoms with Crippen molar-refractivity contribution in [3.63, 3.8) is 0 Å². The third-order valence-corrected chi connectivity index (χ3v) is 4.84. The van der Waals surface area contributed by atoms with E-state index in [1.54, 1.807) is 6.08 Å². The summed E-state index contributed by atoms with van der Waals surface area (Å²) in [5, 5.41) is 0. The second kappa shape index (κ2) is 8.94. The molecule has 0 aliphatic carbocycles. The Morgan fingerprint density at radius 3 is 2.45 bits per heavy atom. The first kappa shape index (κ1) is 18.7. The quantitative estimate of drug-likeness (QED) is 0.330. The van der Waals surface area contributed by atoms with Crippen molar-refractivity contribution in [2.45, 2.75) is 33.1 Å². The van der Waals surface area contributed by atoms with Gasteiger partial charge in [-0.15, -0.1) is 0 Å². The van der Waals surface area contributed by atoms with Gasteiger partial charge >= 0.3 is 0 Å². The minimum Gasteiger partial charge on any atom is -0.0985 e. The van der Waals surface area contributed by atoms with Gasteiger partial charge in [-0.3, -0.25) is 0 Å². The van der Waals surface area contributed by atoms with Crippen molar-refractivity contribution in [3.8, 4) is 0 Å². The first-order chi connectivity index (χ1) is 10.4. The Hall–Kier alpha value is -1.35. The Balaban J connectivity index is 3.09. The van der Waals surface area contributed by atoms with Crippen molar-refractivity contribution in [1.29, 1.82) is 0 Å². The minimum atomic E-state index is 0.872. The SMILES string of the molecule is C=CC(=C)/C=C\C(=C)C(=C)c1cc(C)cc(CCCC)c1I. The second-order valence-corrected chi connectivity index (χ2v) is 6.58. The van der Waals surface area contributed by atoms with Crippen molar-refractivity contribution >= 4 is 28.2 Å². The smallest absolute Gasteiger partial charge is 0.0241 e. The van der Waals surface area contributed by atoms with Crippen LogP contribution in [0.4, 0.5) is 0 Å². The zero-order valence-electron chi connectivity index (χ0n) is 13.7. The number of rotatable bonds is 8. The molecule has 0 N–H and O–H groups in total. The average Bonchev–Trinajstić information content (AvgIpc) is 2.51. The number of unbranched alkanes of at least 4 members (excludes halogenated alkanes) is 1. The lowest BCUT2D eigenvalue weighted by molar-refractivity contribution is 0.791. The summed E-state index contributed by atoms with van der Waals surface area (Å²) in [5.41, 5.74) is 6.62. The van der Waals surface area contributed by atoms with E-state index in [1.165, 1.54) is 33.1 Å². The molecule has 1 aromatic rings. The van der Waals surface area contributed by atoms with Crippen molar-refractivity contribution in [1.82, 2.24) is 0 Å². The summed E-state index contributed by atoms with van der Waals surface area (Å²) in [6, 6.07) is 4.48. The average molecular weight is 404 g/mol. The molecule has 0 aliphatic rings. The fourth-order valence-corrected chi connectivity index (χ4v) is 3.07. The Kier molecular flexibility index (Phi) is 7.60. The number of hydrogen-bond acceptors (Lipinski definition) is 0. The molecule has 1 heteroatoms. The van der Waals surface area contributed by atoms with Gasteiger partial charge in [0.15, 0.2) is 0 Å². The third-order valence-electron chi connectivity index (χ3n) is 3.57. The first-order valence-corrected chi connectivity index (χ1v) is 8.65. The zero-order valence-corrected chi connectivity index (χ0v) is 15.9. The highest BCUT2D eigenvalue weighted by molar-refractivity contribution is 14.1. The predicted octanol–water partition coefficient (Wildman–Crippen LogP) is 6.81. The molecule has 1 rings (SSSR count). The zero-order chi connectivity index (χ0) is 16.7. The van der Waals surface area contributed by atoms with Crippen LogP contribution in [0.2, 0.25) is 0 Å². The van der Waals surface area contributed by atoms with Crippen LogP contribution >= 0.6 is 22.6 Å². The highest BCUT2D eigenvalue weighted by Gasteiger charge is 2.11. The molecule has 0 fully saturated rings. The summed E-state index contributed by atoms with van der Waals surface area (Å²) in [7, 11) is 0. The van der Waals surface area contributed by atoms with Crippen molar-refractivity contribution in [3.05, 3.63) is 88.1 Å². The van der Waals surface area contributed by atoms with E-state index < -0.39 is 0 Å². The van der Waals surface area contributed by atoms with Crippen LogP contribution in [-0.2, 0) is 6.42 Å². The van der Waals surface area contributed by atoms with Crippen molar-refractivity contribution in [2.75, 3.05) is 0 Å². The van der Waals surface area contributed by atoms with Gasteiger partial charge in [0.2, 0.25) is 0 Å². The van der Waals surface area contributed by atoms with Crippen molar-refractivity contribution in [2.24, 2.45) is 0 Å². The second-order valence-electron chi connectivity index (χ2n) is 5.51. The molecular formula is C21H25I. The van der Waals surface area contributed by atoms with Crippen LogP contribution in [0.25, 0.3) is 5.57 Å². The summed E-state index contributed by atoms with van der Waals surface area (Å²) in [4.78, 5) is 0. The molecule has 0 aromatic heterocycles. The fraction of sp³-hybridized carbons (Fsp3) is 0.238. The molecular weight excluding hydrogens is 379 g/mol. The van der Waals surface area contributed by atoms with E-state index in [1.807, 2.05) is 12.2 Å². The van der Waals surface area contributed by atoms with Gasteiger partial charge in [0.05, 0.1) is 0 Å². The van der Waals surface area contributed by atoms with E-state index in [2.05, 4.69) is 74.9 Å². The normalized spacial score (nSPS) is 10.7. The lowest BCUT2D eigenvalue weighted by Gasteiger charge is -2.14. The molecule has 0 heterocycles. The maximum atomic E-state index is 4.24. The Morgan fingerprint density at radius 2 is 1.86 bits per heavy atom. The molecule has 0 atom stereocenters. The molecule has 0 bridgehead atoms. The largest absolute Gasteiger partial charge is 0.0985 e. The highest BCUT2D eigenvalue weighted by atomic mass is 127. The first-order valence-electron chi connectivity index (χ1n) is 7.57. The van der Waals surface area contributed by atoms with Gasteiger partial charge in [-0.05, 0) is 70.2 Å². The van der Waals surface area contributed by atoms with Gasteiger partial charge in [-0.1, -0.05) is 75.6 Å². The third kappa shape index (κ3) is 5.13. The van der Waals surface area contributed by atoms with Gasteiger partial charge in [-0.2, -0.15) is 0 Å². The summed E-state index contributed by atoms with van der Waals surface area (Å²) < 4.78 is 1.29. The highest BCUT2D eigenvalue weighted by Crippen LogP contribution is 2.30. The van der Waals surface area contributed by atoms with E-state index in [4.69, 9.17) is 0 Å². The maximum Gasteiger partial charge on any atom is 0.0241 e. The molecule has 116 valence electrons. The van der Waals surface area contributed by atoms with E-state index in [9.17, 15) is 0 Å². The lowest BCUT2D eigenvalue weighted by atomic mass is 9.94. The molecule has 0 amide bonds. The van der Waals surface area contributed by atoms with Crippen LogP contribution in [-0.4, -0.2) is 0 Å². The molecule has 1 aromatic carbocycles. The molecule has 22 heavy (non-hydrogen) atoms. The van der Waals surface area contributed by atoms with Crippen LogP contribution in [0.1, 0.15) is 36.5 Å². The minimum absolute atomic E-state index is 0.872. The van der Waals surface area contributed by atoms with E-state index in [0.29, 0.717) is 0 Å². The number of halogens is 1. The topological polar surface area (TPSA) is 0 Å². The number of allylic oxidation sites excluding steroid dienone is 6. The van der Waals surface area contributed by atoms with Crippen LogP contribution in [0.5, 0.6) is 0 Å². The molecule has 0 radical (unpaired) electrons. The summed E-state index contributed by atoms with van der Waals surface area (Å²) in [6.07, 6.45) is 9.14. The summed E-state index contributed by atoms with van der Waals surface area (Å²) in [6.45, 7) is 20.3. The van der Waals surface area contributed by atoms with Gasteiger partial charge in [0, 0.05) is 3.57 Å². The Morgan fingerprint density at radius 1 is 1.18 bits per heavy atom. The molecule has 0 saturated carbocycles. The summed E-state index contributed by atoms with van der Waals surface area (Å²) in [5.74, 6) is 0. The standard InChI is InChI=1S/C21H25I/c1-7-9-10-19-13-16(4)14-20(21(19)22)18(6)17(5)12-11-15(3)8-2/h8,11-14H,2-3,5-7,9-10H2,1,4H3/b12-11-. The fourth-order valence-electron chi connectivity index (χ4n) is 2.16. The summed E-state index contributed by atoms with van der Waals surface area (Å²) >= 11 is 2.44. The number of aryl methyl sites for hydroxylation is 2. The monoisotopic (exact) mass is 404 g/mol. The van der Waals surface area contributed by atoms with Gasteiger partial charge in [0.1, 0.15) is 0 Å². The maximum absolute atomic E-state index is 4.24. The van der Waals surface area contributed by atoms with Crippen LogP contribution in [0, 0.1) is 10.5 Å². The van der Waals surface area contributed by atoms with Gasteiger partial charge in [0.25, 0.3) is 0 Å². The lowest BCUT2D eigenvalue weighted by Crippen LogP contribution is -1.98. The molecule has 0 nitrogen and oxygen atoms in total. The van der Waals surface area contributed by atoms with Crippen LogP contribution in [0.15, 0.2) is 67.8 Å². The molecule has 0 unspecified atom stereocenters. The Bertz CT molecular complexity index is 630. The van der Waals surface area contributed by atoms with Gasteiger partial charge < -0.3 is 0 Å². The number of hydrogen-bond donors (Lipinski definition) is 0. The van der Waals surface area contributed by atoms with E-state index in [0.717, 1.165) is 23.1 Å². The van der Waals surface area contributed by atoms with E-state index in [-0.39, 0.29) is 0 Å². The van der Waals surface area contributed by atoms with Crippen LogP contribution < -0.4 is 0 Å². The molecule has 0 spiro atoms. The predicted molar refractivity (Wildman–Crippen MR) is 109 cm³/mol. The van der Waals surface area contributed by atoms with Gasteiger partial charge in [-0.25, -0.2) is 0 Å². The van der Waals surface area contributed by atoms with Crippen molar-refractivity contribution < 1.29 is 0 Å². The van der Waals surface area contributed by atoms with E-state index >= 15 is 0 Å².